The van der Waals surface area contributed by atoms with Gasteiger partial charge in [-0.05, 0) is 12.1 Å². The van der Waals surface area contributed by atoms with E-state index >= 15 is 0 Å². The van der Waals surface area contributed by atoms with Crippen LogP contribution in [0.25, 0.3) is 0 Å². The largest absolute Gasteiger partial charge is 0.481 e. The monoisotopic (exact) mass is 220 g/mol. The molecule has 4 nitrogen and oxygen atoms in total. The highest BCUT2D eigenvalue weighted by Gasteiger charge is 2.02. The molecule has 0 radical (unpaired) electrons. The van der Waals surface area contributed by atoms with Gasteiger partial charge in [0.1, 0.15) is 12.4 Å². The molecule has 0 fully saturated rings. The first kappa shape index (κ1) is 12.1. The van der Waals surface area contributed by atoms with Crippen molar-refractivity contribution < 1.29 is 19.4 Å². The van der Waals surface area contributed by atoms with E-state index < -0.39 is 5.97 Å². The molecule has 0 saturated heterocycles. The van der Waals surface area contributed by atoms with E-state index in [9.17, 15) is 4.79 Å². The van der Waals surface area contributed by atoms with Crippen LogP contribution in [0.3, 0.4) is 0 Å². The van der Waals surface area contributed by atoms with Gasteiger partial charge < -0.3 is 14.6 Å². The Bertz CT molecular complexity index is 415. The minimum atomic E-state index is -1.01. The van der Waals surface area contributed by atoms with Crippen LogP contribution in [0.15, 0.2) is 24.3 Å². The van der Waals surface area contributed by atoms with E-state index in [2.05, 4.69) is 11.8 Å². The van der Waals surface area contributed by atoms with E-state index in [1.165, 1.54) is 0 Å². The van der Waals surface area contributed by atoms with Crippen molar-refractivity contribution in [2.24, 2.45) is 0 Å². The number of carboxylic acid groups (broad SMARTS) is 1. The van der Waals surface area contributed by atoms with E-state index in [0.29, 0.717) is 17.9 Å². The van der Waals surface area contributed by atoms with Crippen LogP contribution in [0.1, 0.15) is 5.56 Å². The molecule has 0 spiro atoms. The number of carboxylic acids is 1. The van der Waals surface area contributed by atoms with Gasteiger partial charge in [0.25, 0.3) is 0 Å². The summed E-state index contributed by atoms with van der Waals surface area (Å²) >= 11 is 0. The maximum absolute atomic E-state index is 10.4. The quantitative estimate of drug-likeness (QED) is 0.773. The van der Waals surface area contributed by atoms with Gasteiger partial charge in [0.15, 0.2) is 6.61 Å². The smallest absolute Gasteiger partial charge is 0.341 e. The normalized spacial score (nSPS) is 9.06. The lowest BCUT2D eigenvalue weighted by Crippen LogP contribution is -2.10. The van der Waals surface area contributed by atoms with Crippen LogP contribution in [0.5, 0.6) is 5.75 Å². The van der Waals surface area contributed by atoms with Crippen molar-refractivity contribution in [3.8, 4) is 17.6 Å². The van der Waals surface area contributed by atoms with Gasteiger partial charge in [0, 0.05) is 7.11 Å². The Morgan fingerprint density at radius 3 is 2.88 bits per heavy atom. The molecule has 1 rings (SSSR count). The van der Waals surface area contributed by atoms with Gasteiger partial charge in [-0.25, -0.2) is 4.79 Å². The number of ether oxygens (including phenoxy) is 2. The fourth-order valence-electron chi connectivity index (χ4n) is 1.04. The molecular weight excluding hydrogens is 208 g/mol. The summed E-state index contributed by atoms with van der Waals surface area (Å²) in [5.41, 5.74) is 0.654. The van der Waals surface area contributed by atoms with Crippen LogP contribution in [0.4, 0.5) is 0 Å². The molecule has 1 N–H and O–H groups in total. The van der Waals surface area contributed by atoms with Crippen molar-refractivity contribution in [1.82, 2.24) is 0 Å². The van der Waals surface area contributed by atoms with Crippen LogP contribution in [0.2, 0.25) is 0 Å². The number of para-hydroxylation sites is 1. The molecular formula is C12H12O4. The van der Waals surface area contributed by atoms with Crippen molar-refractivity contribution >= 4 is 5.97 Å². The third-order valence-electron chi connectivity index (χ3n) is 1.68. The highest BCUT2D eigenvalue weighted by atomic mass is 16.5. The van der Waals surface area contributed by atoms with E-state index in [0.717, 1.165) is 0 Å². The maximum atomic E-state index is 10.4. The number of hydrogen-bond donors (Lipinski definition) is 1. The Morgan fingerprint density at radius 1 is 1.44 bits per heavy atom. The molecule has 84 valence electrons. The topological polar surface area (TPSA) is 55.8 Å². The van der Waals surface area contributed by atoms with Crippen molar-refractivity contribution in [3.63, 3.8) is 0 Å². The van der Waals surface area contributed by atoms with Crippen LogP contribution in [0, 0.1) is 11.8 Å². The Hall–Kier alpha value is -1.99. The second-order valence-electron chi connectivity index (χ2n) is 2.91. The van der Waals surface area contributed by atoms with Gasteiger partial charge >= 0.3 is 5.97 Å². The zero-order valence-corrected chi connectivity index (χ0v) is 8.90. The SMILES string of the molecule is COCC#Cc1ccccc1OCC(=O)O. The Kier molecular flexibility index (Phi) is 4.90. The molecule has 0 aliphatic carbocycles. The molecule has 0 unspecified atom stereocenters. The lowest BCUT2D eigenvalue weighted by molar-refractivity contribution is -0.139. The average Bonchev–Trinajstić information content (AvgIpc) is 2.28. The Morgan fingerprint density at radius 2 is 2.19 bits per heavy atom. The molecule has 0 amide bonds. The summed E-state index contributed by atoms with van der Waals surface area (Å²) in [5, 5.41) is 8.50. The van der Waals surface area contributed by atoms with E-state index in [-0.39, 0.29) is 6.61 Å². The van der Waals surface area contributed by atoms with Gasteiger partial charge in [-0.2, -0.15) is 0 Å². The summed E-state index contributed by atoms with van der Waals surface area (Å²) in [4.78, 5) is 10.4. The molecule has 0 aliphatic heterocycles. The zero-order valence-electron chi connectivity index (χ0n) is 8.90. The van der Waals surface area contributed by atoms with Gasteiger partial charge in [0.2, 0.25) is 0 Å². The average molecular weight is 220 g/mol. The summed E-state index contributed by atoms with van der Waals surface area (Å²) in [5.74, 6) is 5.08. The predicted octanol–water partition coefficient (Wildman–Crippen LogP) is 1.15. The van der Waals surface area contributed by atoms with Crippen molar-refractivity contribution in [2.45, 2.75) is 0 Å². The molecule has 0 aliphatic rings. The lowest BCUT2D eigenvalue weighted by atomic mass is 10.2. The van der Waals surface area contributed by atoms with Crippen LogP contribution in [-0.4, -0.2) is 31.4 Å². The molecule has 0 heterocycles. The third kappa shape index (κ3) is 4.03. The van der Waals surface area contributed by atoms with E-state index in [1.807, 2.05) is 6.07 Å². The van der Waals surface area contributed by atoms with Crippen LogP contribution >= 0.6 is 0 Å². The standard InChI is InChI=1S/C12H12O4/c1-15-8-4-6-10-5-2-3-7-11(10)16-9-12(13)14/h2-3,5,7H,8-9H2,1H3,(H,13,14). The number of carbonyl (C=O) groups is 1. The molecule has 1 aromatic rings. The molecule has 0 saturated carbocycles. The summed E-state index contributed by atoms with van der Waals surface area (Å²) in [6.45, 7) is -0.0454. The molecule has 4 heteroatoms. The number of hydrogen-bond acceptors (Lipinski definition) is 3. The van der Waals surface area contributed by atoms with Crippen molar-refractivity contribution in [3.05, 3.63) is 29.8 Å². The second kappa shape index (κ2) is 6.49. The van der Waals surface area contributed by atoms with Crippen LogP contribution < -0.4 is 4.74 Å². The number of benzene rings is 1. The summed E-state index contributed by atoms with van der Waals surface area (Å²) in [7, 11) is 1.56. The summed E-state index contributed by atoms with van der Waals surface area (Å²) in [6.07, 6.45) is 0. The van der Waals surface area contributed by atoms with Gasteiger partial charge in [0.05, 0.1) is 5.56 Å². The van der Waals surface area contributed by atoms with Gasteiger partial charge in [-0.1, -0.05) is 24.0 Å². The number of methoxy groups -OCH3 is 1. The second-order valence-corrected chi connectivity index (χ2v) is 2.91. The number of rotatable bonds is 4. The van der Waals surface area contributed by atoms with E-state index in [4.69, 9.17) is 14.6 Å². The molecule has 0 aromatic heterocycles. The van der Waals surface area contributed by atoms with Crippen molar-refractivity contribution in [1.29, 1.82) is 0 Å². The highest BCUT2D eigenvalue weighted by molar-refractivity contribution is 5.68. The minimum absolute atomic E-state index is 0.327. The Labute approximate surface area is 93.8 Å². The highest BCUT2D eigenvalue weighted by Crippen LogP contribution is 2.16. The molecule has 1 aromatic carbocycles. The molecule has 0 bridgehead atoms. The number of aliphatic carboxylic acids is 1. The third-order valence-corrected chi connectivity index (χ3v) is 1.68. The minimum Gasteiger partial charge on any atom is -0.481 e. The first-order chi connectivity index (χ1) is 7.74. The van der Waals surface area contributed by atoms with E-state index in [1.54, 1.807) is 25.3 Å². The molecule has 0 atom stereocenters. The van der Waals surface area contributed by atoms with Crippen LogP contribution in [-0.2, 0) is 9.53 Å². The van der Waals surface area contributed by atoms with Gasteiger partial charge in [-0.15, -0.1) is 0 Å². The summed E-state index contributed by atoms with van der Waals surface area (Å²) in [6, 6.07) is 7.02. The fourth-order valence-corrected chi connectivity index (χ4v) is 1.04. The Balaban J connectivity index is 2.76. The summed E-state index contributed by atoms with van der Waals surface area (Å²) < 4.78 is 9.88. The van der Waals surface area contributed by atoms with Crippen molar-refractivity contribution in [2.75, 3.05) is 20.3 Å². The lowest BCUT2D eigenvalue weighted by Gasteiger charge is -2.04. The zero-order chi connectivity index (χ0) is 11.8. The van der Waals surface area contributed by atoms with Gasteiger partial charge in [-0.3, -0.25) is 0 Å². The fraction of sp³-hybridized carbons (Fsp3) is 0.250. The predicted molar refractivity (Wildman–Crippen MR) is 58.3 cm³/mol. The first-order valence-electron chi connectivity index (χ1n) is 4.65. The molecule has 16 heavy (non-hydrogen) atoms. The maximum Gasteiger partial charge on any atom is 0.341 e. The first-order valence-corrected chi connectivity index (χ1v) is 4.65.